The van der Waals surface area contributed by atoms with Crippen LogP contribution in [-0.4, -0.2) is 10.2 Å². The second-order valence-corrected chi connectivity index (χ2v) is 3.76. The van der Waals surface area contributed by atoms with Crippen molar-refractivity contribution >= 4 is 10.9 Å². The Kier molecular flexibility index (Phi) is 2.14. The summed E-state index contributed by atoms with van der Waals surface area (Å²) in [6, 6.07) is 9.01. The molecule has 0 unspecified atom stereocenters. The van der Waals surface area contributed by atoms with Gasteiger partial charge in [-0.25, -0.2) is 8.78 Å². The molecule has 0 aliphatic rings. The van der Waals surface area contributed by atoms with Gasteiger partial charge in [0.1, 0.15) is 11.6 Å². The summed E-state index contributed by atoms with van der Waals surface area (Å²) >= 11 is 0. The molecule has 0 aliphatic carbocycles. The van der Waals surface area contributed by atoms with Crippen LogP contribution in [0.4, 0.5) is 8.78 Å². The lowest BCUT2D eigenvalue weighted by molar-refractivity contribution is 0.585. The van der Waals surface area contributed by atoms with Crippen LogP contribution in [0.25, 0.3) is 22.0 Å². The van der Waals surface area contributed by atoms with Crippen molar-refractivity contribution in [3.05, 3.63) is 54.2 Å². The van der Waals surface area contributed by atoms with Crippen LogP contribution in [0.5, 0.6) is 0 Å². The first-order chi connectivity index (χ1) is 8.25. The number of nitrogens with one attached hydrogen (secondary N) is 1. The van der Waals surface area contributed by atoms with Gasteiger partial charge in [0.2, 0.25) is 0 Å². The van der Waals surface area contributed by atoms with Crippen LogP contribution < -0.4 is 0 Å². The van der Waals surface area contributed by atoms with Crippen molar-refractivity contribution < 1.29 is 8.78 Å². The van der Waals surface area contributed by atoms with E-state index >= 15 is 0 Å². The molecular formula is C13H8F2N2. The first-order valence-corrected chi connectivity index (χ1v) is 5.13. The SMILES string of the molecule is Fc1ccc(-c2cccc3[nH]ncc23)c(F)c1. The highest BCUT2D eigenvalue weighted by Gasteiger charge is 2.10. The molecule has 0 radical (unpaired) electrons. The zero-order valence-corrected chi connectivity index (χ0v) is 8.74. The van der Waals surface area contributed by atoms with Crippen molar-refractivity contribution in [1.82, 2.24) is 10.2 Å². The average Bonchev–Trinajstić information content (AvgIpc) is 2.77. The van der Waals surface area contributed by atoms with E-state index in [1.807, 2.05) is 6.07 Å². The highest BCUT2D eigenvalue weighted by atomic mass is 19.1. The van der Waals surface area contributed by atoms with Crippen LogP contribution in [0.2, 0.25) is 0 Å². The van der Waals surface area contributed by atoms with Crippen LogP contribution in [0.1, 0.15) is 0 Å². The molecule has 0 spiro atoms. The number of hydrogen-bond donors (Lipinski definition) is 1. The molecule has 17 heavy (non-hydrogen) atoms. The number of H-pyrrole nitrogens is 1. The van der Waals surface area contributed by atoms with E-state index in [-0.39, 0.29) is 0 Å². The molecule has 0 saturated heterocycles. The average molecular weight is 230 g/mol. The molecule has 1 heterocycles. The summed E-state index contributed by atoms with van der Waals surface area (Å²) in [5, 5.41) is 7.54. The number of nitrogens with zero attached hydrogens (tertiary/aromatic N) is 1. The predicted octanol–water partition coefficient (Wildman–Crippen LogP) is 3.51. The van der Waals surface area contributed by atoms with Gasteiger partial charge in [0.25, 0.3) is 0 Å². The van der Waals surface area contributed by atoms with Gasteiger partial charge in [-0.2, -0.15) is 5.10 Å². The summed E-state index contributed by atoms with van der Waals surface area (Å²) < 4.78 is 26.6. The van der Waals surface area contributed by atoms with Gasteiger partial charge >= 0.3 is 0 Å². The van der Waals surface area contributed by atoms with Crippen molar-refractivity contribution in [2.75, 3.05) is 0 Å². The molecule has 0 aliphatic heterocycles. The third-order valence-corrected chi connectivity index (χ3v) is 2.71. The van der Waals surface area contributed by atoms with Crippen LogP contribution in [-0.2, 0) is 0 Å². The summed E-state index contributed by atoms with van der Waals surface area (Å²) in [5.74, 6) is -1.15. The van der Waals surface area contributed by atoms with Gasteiger partial charge in [0.15, 0.2) is 0 Å². The van der Waals surface area contributed by atoms with Crippen LogP contribution in [0, 0.1) is 11.6 Å². The Labute approximate surface area is 95.9 Å². The summed E-state index contributed by atoms with van der Waals surface area (Å²) in [5.41, 5.74) is 1.90. The Morgan fingerprint density at radius 3 is 2.71 bits per heavy atom. The van der Waals surface area contributed by atoms with Gasteiger partial charge < -0.3 is 0 Å². The van der Waals surface area contributed by atoms with E-state index < -0.39 is 11.6 Å². The summed E-state index contributed by atoms with van der Waals surface area (Å²) in [7, 11) is 0. The lowest BCUT2D eigenvalue weighted by atomic mass is 10.0. The van der Waals surface area contributed by atoms with Gasteiger partial charge in [-0.1, -0.05) is 12.1 Å². The molecule has 2 nitrogen and oxygen atoms in total. The second-order valence-electron chi connectivity index (χ2n) is 3.76. The minimum Gasteiger partial charge on any atom is -0.278 e. The minimum absolute atomic E-state index is 0.374. The second kappa shape index (κ2) is 3.66. The molecule has 4 heteroatoms. The molecule has 2 aromatic carbocycles. The molecule has 1 N–H and O–H groups in total. The maximum atomic E-state index is 13.7. The lowest BCUT2D eigenvalue weighted by Gasteiger charge is -2.04. The molecular weight excluding hydrogens is 222 g/mol. The Bertz CT molecular complexity index is 689. The number of aromatic nitrogens is 2. The van der Waals surface area contributed by atoms with Crippen LogP contribution >= 0.6 is 0 Å². The fourth-order valence-corrected chi connectivity index (χ4v) is 1.91. The van der Waals surface area contributed by atoms with Crippen molar-refractivity contribution in [2.45, 2.75) is 0 Å². The molecule has 0 fully saturated rings. The highest BCUT2D eigenvalue weighted by Crippen LogP contribution is 2.29. The third-order valence-electron chi connectivity index (χ3n) is 2.71. The molecule has 1 aromatic heterocycles. The molecule has 0 saturated carbocycles. The molecule has 0 bridgehead atoms. The van der Waals surface area contributed by atoms with Crippen LogP contribution in [0.15, 0.2) is 42.6 Å². The number of aromatic amines is 1. The Morgan fingerprint density at radius 1 is 1.00 bits per heavy atom. The standard InChI is InChI=1S/C13H8F2N2/c14-8-4-5-10(12(15)6-8)9-2-1-3-13-11(9)7-16-17-13/h1-7H,(H,16,17). The van der Waals surface area contributed by atoms with Gasteiger partial charge in [-0.3, -0.25) is 5.10 Å². The topological polar surface area (TPSA) is 28.7 Å². The van der Waals surface area contributed by atoms with E-state index in [1.165, 1.54) is 12.1 Å². The van der Waals surface area contributed by atoms with E-state index in [0.717, 1.165) is 17.0 Å². The quantitative estimate of drug-likeness (QED) is 0.680. The number of benzene rings is 2. The van der Waals surface area contributed by atoms with Crippen LogP contribution in [0.3, 0.4) is 0 Å². The summed E-state index contributed by atoms with van der Waals surface area (Å²) in [6.07, 6.45) is 1.63. The first kappa shape index (κ1) is 9.96. The Hall–Kier alpha value is -2.23. The fraction of sp³-hybridized carbons (Fsp3) is 0. The van der Waals surface area contributed by atoms with Crippen molar-refractivity contribution in [1.29, 1.82) is 0 Å². The molecule has 3 aromatic rings. The zero-order chi connectivity index (χ0) is 11.8. The van der Waals surface area contributed by atoms with Gasteiger partial charge in [-0.15, -0.1) is 0 Å². The van der Waals surface area contributed by atoms with Crippen molar-refractivity contribution in [2.24, 2.45) is 0 Å². The largest absolute Gasteiger partial charge is 0.278 e. The monoisotopic (exact) mass is 230 g/mol. The first-order valence-electron chi connectivity index (χ1n) is 5.13. The highest BCUT2D eigenvalue weighted by molar-refractivity contribution is 5.94. The smallest absolute Gasteiger partial charge is 0.133 e. The number of rotatable bonds is 1. The summed E-state index contributed by atoms with van der Waals surface area (Å²) in [6.45, 7) is 0. The van der Waals surface area contributed by atoms with Gasteiger partial charge in [0.05, 0.1) is 11.7 Å². The Balaban J connectivity index is 2.30. The predicted molar refractivity (Wildman–Crippen MR) is 61.4 cm³/mol. The Morgan fingerprint density at radius 2 is 1.88 bits per heavy atom. The van der Waals surface area contributed by atoms with Gasteiger partial charge in [-0.05, 0) is 23.8 Å². The van der Waals surface area contributed by atoms with Crippen molar-refractivity contribution in [3.8, 4) is 11.1 Å². The van der Waals surface area contributed by atoms with Gasteiger partial charge in [0, 0.05) is 17.0 Å². The molecule has 3 rings (SSSR count). The van der Waals surface area contributed by atoms with Crippen molar-refractivity contribution in [3.63, 3.8) is 0 Å². The lowest BCUT2D eigenvalue weighted by Crippen LogP contribution is -1.86. The molecule has 84 valence electrons. The van der Waals surface area contributed by atoms with E-state index in [4.69, 9.17) is 0 Å². The number of halogens is 2. The maximum absolute atomic E-state index is 13.7. The molecule has 0 atom stereocenters. The number of fused-ring (bicyclic) bond motifs is 1. The fourth-order valence-electron chi connectivity index (χ4n) is 1.91. The van der Waals surface area contributed by atoms with E-state index in [0.29, 0.717) is 11.1 Å². The summed E-state index contributed by atoms with van der Waals surface area (Å²) in [4.78, 5) is 0. The zero-order valence-electron chi connectivity index (χ0n) is 8.74. The minimum atomic E-state index is -0.578. The normalized spacial score (nSPS) is 10.9. The van der Waals surface area contributed by atoms with E-state index in [2.05, 4.69) is 10.2 Å². The number of hydrogen-bond acceptors (Lipinski definition) is 1. The van der Waals surface area contributed by atoms with E-state index in [9.17, 15) is 8.78 Å². The molecule has 0 amide bonds. The maximum Gasteiger partial charge on any atom is 0.133 e. The third kappa shape index (κ3) is 1.58. The van der Waals surface area contributed by atoms with E-state index in [1.54, 1.807) is 18.3 Å².